The summed E-state index contributed by atoms with van der Waals surface area (Å²) in [6.07, 6.45) is 1.38. The van der Waals surface area contributed by atoms with Crippen LogP contribution in [0.3, 0.4) is 0 Å². The molecule has 0 bridgehead atoms. The number of anilines is 1. The van der Waals surface area contributed by atoms with Crippen molar-refractivity contribution in [1.82, 2.24) is 0 Å². The number of aromatic hydroxyl groups is 1. The Morgan fingerprint density at radius 3 is 2.37 bits per heavy atom. The molecule has 3 N–H and O–H groups in total. The van der Waals surface area contributed by atoms with Gasteiger partial charge in [0.15, 0.2) is 0 Å². The Bertz CT molecular complexity index is 597. The summed E-state index contributed by atoms with van der Waals surface area (Å²) in [5.41, 5.74) is 6.34. The number of primary amides is 1. The number of nitrogens with two attached hydrogens (primary N) is 1. The van der Waals surface area contributed by atoms with E-state index in [-0.39, 0.29) is 5.75 Å². The van der Waals surface area contributed by atoms with E-state index in [2.05, 4.69) is 5.10 Å². The molecular weight excluding hydrogens is 242 g/mol. The number of hydrogen-bond acceptors (Lipinski definition) is 3. The number of nitrogens with zero attached hydrogens (tertiary/aromatic N) is 2. The van der Waals surface area contributed by atoms with Crippen molar-refractivity contribution in [2.75, 3.05) is 5.01 Å². The molecule has 0 aromatic heterocycles. The first kappa shape index (κ1) is 12.6. The molecule has 2 rings (SSSR count). The topological polar surface area (TPSA) is 78.9 Å². The lowest BCUT2D eigenvalue weighted by Gasteiger charge is -2.13. The van der Waals surface area contributed by atoms with Crippen molar-refractivity contribution < 1.29 is 9.90 Å². The van der Waals surface area contributed by atoms with E-state index in [1.54, 1.807) is 48.5 Å². The Kier molecular flexibility index (Phi) is 3.78. The van der Waals surface area contributed by atoms with Crippen molar-refractivity contribution in [1.29, 1.82) is 0 Å². The SMILES string of the molecule is NC(=O)N(/N=C/c1ccccc1O)c1ccccc1. The van der Waals surface area contributed by atoms with Crippen LogP contribution in [0.5, 0.6) is 5.75 Å². The number of amides is 2. The van der Waals surface area contributed by atoms with E-state index in [0.717, 1.165) is 5.01 Å². The number of phenolic OH excluding ortho intramolecular Hbond substituents is 1. The Morgan fingerprint density at radius 2 is 1.74 bits per heavy atom. The minimum Gasteiger partial charge on any atom is -0.507 e. The minimum atomic E-state index is -0.696. The summed E-state index contributed by atoms with van der Waals surface area (Å²) in [6.45, 7) is 0. The second-order valence-corrected chi connectivity index (χ2v) is 3.79. The molecule has 2 amide bonds. The largest absolute Gasteiger partial charge is 0.507 e. The number of rotatable bonds is 3. The highest BCUT2D eigenvalue weighted by atomic mass is 16.3. The zero-order valence-electron chi connectivity index (χ0n) is 10.1. The average Bonchev–Trinajstić information content (AvgIpc) is 2.42. The van der Waals surface area contributed by atoms with Crippen LogP contribution in [-0.2, 0) is 0 Å². The highest BCUT2D eigenvalue weighted by Crippen LogP contribution is 2.16. The molecule has 0 spiro atoms. The van der Waals surface area contributed by atoms with E-state index in [1.165, 1.54) is 6.21 Å². The van der Waals surface area contributed by atoms with Crippen molar-refractivity contribution in [3.63, 3.8) is 0 Å². The number of para-hydroxylation sites is 2. The van der Waals surface area contributed by atoms with Gasteiger partial charge in [-0.2, -0.15) is 10.1 Å². The van der Waals surface area contributed by atoms with Gasteiger partial charge in [-0.05, 0) is 24.3 Å². The number of carbonyl (C=O) groups is 1. The summed E-state index contributed by atoms with van der Waals surface area (Å²) < 4.78 is 0. The summed E-state index contributed by atoms with van der Waals surface area (Å²) in [5, 5.41) is 14.7. The van der Waals surface area contributed by atoms with E-state index >= 15 is 0 Å². The number of urea groups is 1. The summed E-state index contributed by atoms with van der Waals surface area (Å²) in [5.74, 6) is 0.0868. The zero-order valence-corrected chi connectivity index (χ0v) is 10.1. The van der Waals surface area contributed by atoms with Crippen molar-refractivity contribution in [3.8, 4) is 5.75 Å². The first-order valence-corrected chi connectivity index (χ1v) is 5.65. The van der Waals surface area contributed by atoms with Gasteiger partial charge in [0.1, 0.15) is 5.75 Å². The minimum absolute atomic E-state index is 0.0868. The predicted molar refractivity (Wildman–Crippen MR) is 74.2 cm³/mol. The number of carbonyl (C=O) groups excluding carboxylic acids is 1. The molecule has 0 saturated carbocycles. The molecule has 19 heavy (non-hydrogen) atoms. The Morgan fingerprint density at radius 1 is 1.11 bits per heavy atom. The van der Waals surface area contributed by atoms with Crippen LogP contribution in [0.1, 0.15) is 5.56 Å². The standard InChI is InChI=1S/C14H13N3O2/c15-14(19)17(12-7-2-1-3-8-12)16-10-11-6-4-5-9-13(11)18/h1-10,18H,(H2,15,19)/b16-10+. The van der Waals surface area contributed by atoms with Gasteiger partial charge in [-0.3, -0.25) is 0 Å². The molecule has 5 nitrogen and oxygen atoms in total. The maximum absolute atomic E-state index is 11.4. The van der Waals surface area contributed by atoms with Gasteiger partial charge in [0.2, 0.25) is 0 Å². The number of hydrazone groups is 1. The van der Waals surface area contributed by atoms with Crippen LogP contribution in [0.2, 0.25) is 0 Å². The Hall–Kier alpha value is -2.82. The van der Waals surface area contributed by atoms with E-state index < -0.39 is 6.03 Å². The molecule has 5 heteroatoms. The predicted octanol–water partition coefficient (Wildman–Crippen LogP) is 2.31. The molecular formula is C14H13N3O2. The van der Waals surface area contributed by atoms with Crippen LogP contribution in [0.25, 0.3) is 0 Å². The van der Waals surface area contributed by atoms with E-state index in [9.17, 15) is 9.90 Å². The molecule has 0 aliphatic carbocycles. The Balaban J connectivity index is 2.28. The third kappa shape index (κ3) is 3.10. The summed E-state index contributed by atoms with van der Waals surface area (Å²) >= 11 is 0. The van der Waals surface area contributed by atoms with Crippen molar-refractivity contribution in [2.24, 2.45) is 10.8 Å². The maximum atomic E-state index is 11.4. The zero-order chi connectivity index (χ0) is 13.7. The number of benzene rings is 2. The average molecular weight is 255 g/mol. The molecule has 2 aromatic carbocycles. The normalized spacial score (nSPS) is 10.5. The molecule has 0 aliphatic heterocycles. The quantitative estimate of drug-likeness (QED) is 0.652. The second kappa shape index (κ2) is 5.68. The first-order chi connectivity index (χ1) is 9.18. The summed E-state index contributed by atoms with van der Waals surface area (Å²) in [4.78, 5) is 11.4. The fourth-order valence-corrected chi connectivity index (χ4v) is 1.54. The third-order valence-electron chi connectivity index (χ3n) is 2.46. The van der Waals surface area contributed by atoms with Gasteiger partial charge in [0.25, 0.3) is 0 Å². The van der Waals surface area contributed by atoms with Crippen LogP contribution in [0.4, 0.5) is 10.5 Å². The number of hydrogen-bond donors (Lipinski definition) is 2. The van der Waals surface area contributed by atoms with Crippen molar-refractivity contribution >= 4 is 17.9 Å². The lowest BCUT2D eigenvalue weighted by atomic mass is 10.2. The molecule has 0 fully saturated rings. The molecule has 2 aromatic rings. The van der Waals surface area contributed by atoms with E-state index in [4.69, 9.17) is 5.73 Å². The van der Waals surface area contributed by atoms with Gasteiger partial charge in [0, 0.05) is 5.56 Å². The third-order valence-corrected chi connectivity index (χ3v) is 2.46. The molecule has 0 aliphatic rings. The van der Waals surface area contributed by atoms with Crippen LogP contribution >= 0.6 is 0 Å². The van der Waals surface area contributed by atoms with E-state index in [0.29, 0.717) is 11.3 Å². The van der Waals surface area contributed by atoms with Crippen molar-refractivity contribution in [2.45, 2.75) is 0 Å². The highest BCUT2D eigenvalue weighted by Gasteiger charge is 2.09. The monoisotopic (exact) mass is 255 g/mol. The van der Waals surface area contributed by atoms with Crippen LogP contribution in [0, 0.1) is 0 Å². The lowest BCUT2D eigenvalue weighted by Crippen LogP contribution is -2.31. The highest BCUT2D eigenvalue weighted by molar-refractivity contribution is 5.93. The van der Waals surface area contributed by atoms with Gasteiger partial charge in [-0.15, -0.1) is 0 Å². The van der Waals surface area contributed by atoms with Gasteiger partial charge in [-0.25, -0.2) is 4.79 Å². The van der Waals surface area contributed by atoms with Crippen molar-refractivity contribution in [3.05, 3.63) is 60.2 Å². The van der Waals surface area contributed by atoms with Crippen LogP contribution in [-0.4, -0.2) is 17.4 Å². The van der Waals surface area contributed by atoms with Gasteiger partial charge >= 0.3 is 6.03 Å². The van der Waals surface area contributed by atoms with Gasteiger partial charge < -0.3 is 10.8 Å². The molecule has 0 heterocycles. The smallest absolute Gasteiger partial charge is 0.340 e. The number of phenols is 1. The fraction of sp³-hybridized carbons (Fsp3) is 0. The van der Waals surface area contributed by atoms with Crippen LogP contribution < -0.4 is 10.7 Å². The molecule has 0 unspecified atom stereocenters. The van der Waals surface area contributed by atoms with Crippen LogP contribution in [0.15, 0.2) is 59.7 Å². The Labute approximate surface area is 110 Å². The summed E-state index contributed by atoms with van der Waals surface area (Å²) in [7, 11) is 0. The fourth-order valence-electron chi connectivity index (χ4n) is 1.54. The molecule has 0 atom stereocenters. The first-order valence-electron chi connectivity index (χ1n) is 5.65. The maximum Gasteiger partial charge on any atom is 0.340 e. The second-order valence-electron chi connectivity index (χ2n) is 3.79. The molecule has 96 valence electrons. The van der Waals surface area contributed by atoms with Gasteiger partial charge in [0.05, 0.1) is 11.9 Å². The molecule has 0 saturated heterocycles. The van der Waals surface area contributed by atoms with E-state index in [1.807, 2.05) is 6.07 Å². The molecule has 0 radical (unpaired) electrons. The van der Waals surface area contributed by atoms with Gasteiger partial charge in [-0.1, -0.05) is 30.3 Å². The summed E-state index contributed by atoms with van der Waals surface area (Å²) in [6, 6.07) is 14.8. The lowest BCUT2D eigenvalue weighted by molar-refractivity contribution is 0.254.